The Kier molecular flexibility index (Phi) is 5.66. The van der Waals surface area contributed by atoms with Gasteiger partial charge in [0, 0.05) is 17.9 Å². The van der Waals surface area contributed by atoms with E-state index in [1.54, 1.807) is 6.07 Å². The first-order chi connectivity index (χ1) is 10.2. The Morgan fingerprint density at radius 2 is 2.05 bits per heavy atom. The lowest BCUT2D eigenvalue weighted by atomic mass is 10.1. The molecule has 0 heterocycles. The lowest BCUT2D eigenvalue weighted by molar-refractivity contribution is 0.304. The maximum absolute atomic E-state index is 13.2. The van der Waals surface area contributed by atoms with Crippen molar-refractivity contribution >= 4 is 11.6 Å². The van der Waals surface area contributed by atoms with Crippen LogP contribution in [0.4, 0.5) is 4.39 Å². The first kappa shape index (κ1) is 15.4. The summed E-state index contributed by atoms with van der Waals surface area (Å²) in [7, 11) is 0. The molecular formula is C18H16ClFO. The quantitative estimate of drug-likeness (QED) is 0.588. The molecule has 0 saturated heterocycles. The van der Waals surface area contributed by atoms with Crippen LogP contribution in [0, 0.1) is 24.6 Å². The fraction of sp³-hybridized carbons (Fsp3) is 0.222. The molecule has 0 aromatic heterocycles. The molecule has 0 bridgehead atoms. The summed E-state index contributed by atoms with van der Waals surface area (Å²) in [5.74, 6) is 7.01. The third-order valence-corrected chi connectivity index (χ3v) is 3.18. The molecule has 0 fully saturated rings. The molecule has 0 aliphatic rings. The maximum Gasteiger partial charge on any atom is 0.123 e. The number of aryl methyl sites for hydroxylation is 1. The zero-order chi connectivity index (χ0) is 15.1. The highest BCUT2D eigenvalue weighted by atomic mass is 35.5. The van der Waals surface area contributed by atoms with Crippen LogP contribution >= 0.6 is 11.6 Å². The molecule has 21 heavy (non-hydrogen) atoms. The molecule has 3 heteroatoms. The summed E-state index contributed by atoms with van der Waals surface area (Å²) in [6.07, 6.45) is 0.662. The average molecular weight is 303 g/mol. The second-order valence-electron chi connectivity index (χ2n) is 4.63. The van der Waals surface area contributed by atoms with Gasteiger partial charge in [-0.25, -0.2) is 4.39 Å². The van der Waals surface area contributed by atoms with Crippen molar-refractivity contribution in [2.75, 3.05) is 5.88 Å². The summed E-state index contributed by atoms with van der Waals surface area (Å²) < 4.78 is 18.9. The van der Waals surface area contributed by atoms with E-state index in [2.05, 4.69) is 11.8 Å². The van der Waals surface area contributed by atoms with Gasteiger partial charge in [0.15, 0.2) is 0 Å². The summed E-state index contributed by atoms with van der Waals surface area (Å²) in [5, 5.41) is 0. The molecule has 0 aliphatic heterocycles. The van der Waals surface area contributed by atoms with E-state index in [4.69, 9.17) is 16.3 Å². The molecule has 2 rings (SSSR count). The molecule has 108 valence electrons. The standard InChI is InChI=1S/C18H16ClFO/c1-14-8-9-17(20)12-16(14)13-21-18-7-4-6-15(11-18)5-2-3-10-19/h4,6-9,11-12H,3,10,13H2,1H3. The zero-order valence-corrected chi connectivity index (χ0v) is 12.6. The van der Waals surface area contributed by atoms with Gasteiger partial charge >= 0.3 is 0 Å². The van der Waals surface area contributed by atoms with Crippen molar-refractivity contribution in [3.05, 3.63) is 65.0 Å². The minimum atomic E-state index is -0.250. The fourth-order valence-electron chi connectivity index (χ4n) is 1.83. The molecule has 0 atom stereocenters. The van der Waals surface area contributed by atoms with Crippen LogP contribution in [0.25, 0.3) is 0 Å². The Hall–Kier alpha value is -1.98. The summed E-state index contributed by atoms with van der Waals surface area (Å²) >= 11 is 5.59. The fourth-order valence-corrected chi connectivity index (χ4v) is 1.93. The third kappa shape index (κ3) is 4.81. The van der Waals surface area contributed by atoms with E-state index in [0.29, 0.717) is 18.9 Å². The zero-order valence-electron chi connectivity index (χ0n) is 11.8. The van der Waals surface area contributed by atoms with E-state index >= 15 is 0 Å². The van der Waals surface area contributed by atoms with Crippen LogP contribution in [0.3, 0.4) is 0 Å². The van der Waals surface area contributed by atoms with Crippen molar-refractivity contribution in [3.8, 4) is 17.6 Å². The lowest BCUT2D eigenvalue weighted by Crippen LogP contribution is -1.98. The van der Waals surface area contributed by atoms with Gasteiger partial charge in [-0.2, -0.15) is 0 Å². The number of ether oxygens (including phenoxy) is 1. The first-order valence-corrected chi connectivity index (χ1v) is 7.25. The van der Waals surface area contributed by atoms with Crippen LogP contribution in [-0.2, 0) is 6.61 Å². The maximum atomic E-state index is 13.2. The number of alkyl halides is 1. The van der Waals surface area contributed by atoms with Crippen LogP contribution < -0.4 is 4.74 Å². The molecule has 2 aromatic carbocycles. The van der Waals surface area contributed by atoms with Gasteiger partial charge in [-0.3, -0.25) is 0 Å². The molecule has 0 spiro atoms. The largest absolute Gasteiger partial charge is 0.489 e. The molecule has 0 radical (unpaired) electrons. The van der Waals surface area contributed by atoms with Gasteiger partial charge in [0.25, 0.3) is 0 Å². The highest BCUT2D eigenvalue weighted by molar-refractivity contribution is 6.18. The first-order valence-electron chi connectivity index (χ1n) is 6.72. The van der Waals surface area contributed by atoms with Gasteiger partial charge in [0.05, 0.1) is 0 Å². The molecule has 2 aromatic rings. The Morgan fingerprint density at radius 3 is 2.86 bits per heavy atom. The van der Waals surface area contributed by atoms with Crippen molar-refractivity contribution in [3.63, 3.8) is 0 Å². The van der Waals surface area contributed by atoms with Crippen LogP contribution in [0.15, 0.2) is 42.5 Å². The molecule has 0 unspecified atom stereocenters. The highest BCUT2D eigenvalue weighted by Gasteiger charge is 2.02. The monoisotopic (exact) mass is 302 g/mol. The van der Waals surface area contributed by atoms with Gasteiger partial charge < -0.3 is 4.74 Å². The van der Waals surface area contributed by atoms with Gasteiger partial charge in [-0.05, 0) is 48.4 Å². The van der Waals surface area contributed by atoms with Crippen LogP contribution in [0.2, 0.25) is 0 Å². The number of halogens is 2. The van der Waals surface area contributed by atoms with Gasteiger partial charge in [-0.15, -0.1) is 11.6 Å². The predicted molar refractivity (Wildman–Crippen MR) is 84.1 cm³/mol. The van der Waals surface area contributed by atoms with Gasteiger partial charge in [-0.1, -0.05) is 24.0 Å². The van der Waals surface area contributed by atoms with Gasteiger partial charge in [0.2, 0.25) is 0 Å². The van der Waals surface area contributed by atoms with Crippen LogP contribution in [0.5, 0.6) is 5.75 Å². The average Bonchev–Trinajstić information content (AvgIpc) is 2.49. The highest BCUT2D eigenvalue weighted by Crippen LogP contribution is 2.17. The molecule has 0 N–H and O–H groups in total. The van der Waals surface area contributed by atoms with E-state index < -0.39 is 0 Å². The van der Waals surface area contributed by atoms with E-state index in [0.717, 1.165) is 22.4 Å². The molecule has 0 saturated carbocycles. The van der Waals surface area contributed by atoms with E-state index in [9.17, 15) is 4.39 Å². The molecule has 1 nitrogen and oxygen atoms in total. The van der Waals surface area contributed by atoms with Crippen molar-refractivity contribution in [2.45, 2.75) is 20.0 Å². The molecule has 0 amide bonds. The second kappa shape index (κ2) is 7.71. The van der Waals surface area contributed by atoms with Crippen molar-refractivity contribution in [1.29, 1.82) is 0 Å². The molecule has 0 aliphatic carbocycles. The molecular weight excluding hydrogens is 287 g/mol. The number of rotatable bonds is 4. The SMILES string of the molecule is Cc1ccc(F)cc1COc1cccc(C#CCCCl)c1. The second-order valence-corrected chi connectivity index (χ2v) is 5.01. The predicted octanol–water partition coefficient (Wildman–Crippen LogP) is 4.69. The van der Waals surface area contributed by atoms with E-state index in [-0.39, 0.29) is 5.82 Å². The number of benzene rings is 2. The normalized spacial score (nSPS) is 9.86. The smallest absolute Gasteiger partial charge is 0.123 e. The Balaban J connectivity index is 2.05. The number of hydrogen-bond donors (Lipinski definition) is 0. The van der Waals surface area contributed by atoms with Gasteiger partial charge in [0.1, 0.15) is 18.2 Å². The topological polar surface area (TPSA) is 9.23 Å². The van der Waals surface area contributed by atoms with E-state index in [1.807, 2.05) is 31.2 Å². The minimum absolute atomic E-state index is 0.250. The minimum Gasteiger partial charge on any atom is -0.489 e. The Labute approximate surface area is 129 Å². The Bertz CT molecular complexity index is 670. The van der Waals surface area contributed by atoms with Crippen LogP contribution in [-0.4, -0.2) is 5.88 Å². The lowest BCUT2D eigenvalue weighted by Gasteiger charge is -2.09. The summed E-state index contributed by atoms with van der Waals surface area (Å²) in [6, 6.07) is 12.2. The third-order valence-electron chi connectivity index (χ3n) is 2.99. The van der Waals surface area contributed by atoms with Crippen molar-refractivity contribution < 1.29 is 9.13 Å². The summed E-state index contributed by atoms with van der Waals surface area (Å²) in [4.78, 5) is 0. The number of hydrogen-bond acceptors (Lipinski definition) is 1. The Morgan fingerprint density at radius 1 is 1.19 bits per heavy atom. The van der Waals surface area contributed by atoms with E-state index in [1.165, 1.54) is 12.1 Å². The van der Waals surface area contributed by atoms with Crippen molar-refractivity contribution in [2.24, 2.45) is 0 Å². The van der Waals surface area contributed by atoms with Crippen LogP contribution in [0.1, 0.15) is 23.1 Å². The van der Waals surface area contributed by atoms with Crippen molar-refractivity contribution in [1.82, 2.24) is 0 Å². The summed E-state index contributed by atoms with van der Waals surface area (Å²) in [6.45, 7) is 2.27. The summed E-state index contributed by atoms with van der Waals surface area (Å²) in [5.41, 5.74) is 2.73.